The average Bonchev–Trinajstić information content (AvgIpc) is 3.25. The predicted molar refractivity (Wildman–Crippen MR) is 98.8 cm³/mol. The van der Waals surface area contributed by atoms with Gasteiger partial charge >= 0.3 is 0 Å². The lowest BCUT2D eigenvalue weighted by Gasteiger charge is -2.39. The number of fused-ring (bicyclic) bond motifs is 2. The minimum atomic E-state index is -0.627. The molecule has 3 saturated carbocycles. The maximum atomic E-state index is 6.57. The number of hydrogen-bond acceptors (Lipinski definition) is 5. The second-order valence-electron chi connectivity index (χ2n) is 8.39. The van der Waals surface area contributed by atoms with Crippen molar-refractivity contribution in [3.05, 3.63) is 35.9 Å². The number of benzene rings is 1. The normalized spacial score (nSPS) is 43.4. The van der Waals surface area contributed by atoms with E-state index in [4.69, 9.17) is 23.7 Å². The second kappa shape index (κ2) is 6.53. The van der Waals surface area contributed by atoms with Gasteiger partial charge in [-0.1, -0.05) is 30.3 Å². The molecule has 2 bridgehead atoms. The molecule has 0 unspecified atom stereocenters. The Bertz CT molecular complexity index is 675. The fourth-order valence-corrected chi connectivity index (χ4v) is 6.81. The van der Waals surface area contributed by atoms with E-state index >= 15 is 0 Å². The first-order valence-corrected chi connectivity index (χ1v) is 10.3. The molecule has 1 aromatic rings. The fraction of sp³-hybridized carbons (Fsp3) is 0.727. The molecule has 0 radical (unpaired) electrons. The zero-order chi connectivity index (χ0) is 18.6. The summed E-state index contributed by atoms with van der Waals surface area (Å²) in [6.07, 6.45) is 3.30. The zero-order valence-corrected chi connectivity index (χ0v) is 16.4. The monoisotopic (exact) mass is 374 g/mol. The molecule has 3 aliphatic carbocycles. The van der Waals surface area contributed by atoms with Gasteiger partial charge in [0.2, 0.25) is 0 Å². The van der Waals surface area contributed by atoms with Crippen molar-refractivity contribution in [3.63, 3.8) is 0 Å². The summed E-state index contributed by atoms with van der Waals surface area (Å²) in [6.45, 7) is 3.34. The van der Waals surface area contributed by atoms with Gasteiger partial charge in [-0.2, -0.15) is 0 Å². The Kier molecular flexibility index (Phi) is 4.37. The van der Waals surface area contributed by atoms with Crippen molar-refractivity contribution >= 4 is 0 Å². The first-order valence-electron chi connectivity index (χ1n) is 10.3. The van der Waals surface area contributed by atoms with Crippen LogP contribution in [0.4, 0.5) is 0 Å². The van der Waals surface area contributed by atoms with Gasteiger partial charge in [-0.25, -0.2) is 0 Å². The molecule has 4 aliphatic rings. The molecular weight excluding hydrogens is 344 g/mol. The summed E-state index contributed by atoms with van der Waals surface area (Å²) in [6, 6.07) is 10.4. The SMILES string of the molecule is CCO[C@]12C[C@@H]3[C@H]4[C@H]([C@H](CC[C@H]4OCc4ccccc4)O1)[C@H]2C3(OC)OC. The molecule has 1 aliphatic heterocycles. The van der Waals surface area contributed by atoms with Crippen molar-refractivity contribution < 1.29 is 23.7 Å². The highest BCUT2D eigenvalue weighted by molar-refractivity contribution is 5.23. The predicted octanol–water partition coefficient (Wildman–Crippen LogP) is 3.37. The summed E-state index contributed by atoms with van der Waals surface area (Å²) in [7, 11) is 3.53. The van der Waals surface area contributed by atoms with Gasteiger partial charge in [-0.05, 0) is 31.2 Å². The molecule has 5 heteroatoms. The maximum Gasteiger partial charge on any atom is 0.179 e. The van der Waals surface area contributed by atoms with E-state index in [1.54, 1.807) is 14.2 Å². The van der Waals surface area contributed by atoms with Crippen LogP contribution in [0.2, 0.25) is 0 Å². The average molecular weight is 374 g/mol. The topological polar surface area (TPSA) is 46.2 Å². The summed E-state index contributed by atoms with van der Waals surface area (Å²) in [4.78, 5) is 0. The summed E-state index contributed by atoms with van der Waals surface area (Å²) >= 11 is 0. The lowest BCUT2D eigenvalue weighted by molar-refractivity contribution is -0.282. The number of rotatable bonds is 7. The van der Waals surface area contributed by atoms with E-state index in [2.05, 4.69) is 24.3 Å². The molecule has 27 heavy (non-hydrogen) atoms. The number of hydrogen-bond donors (Lipinski definition) is 0. The minimum Gasteiger partial charge on any atom is -0.373 e. The van der Waals surface area contributed by atoms with Crippen LogP contribution in [-0.2, 0) is 30.3 Å². The first-order chi connectivity index (χ1) is 13.2. The molecule has 148 valence electrons. The molecule has 4 fully saturated rings. The van der Waals surface area contributed by atoms with Crippen molar-refractivity contribution in [3.8, 4) is 0 Å². The lowest BCUT2D eigenvalue weighted by atomic mass is 9.68. The van der Waals surface area contributed by atoms with Gasteiger partial charge in [0.15, 0.2) is 11.6 Å². The van der Waals surface area contributed by atoms with E-state index in [1.807, 2.05) is 13.0 Å². The van der Waals surface area contributed by atoms with Crippen molar-refractivity contribution in [2.45, 2.75) is 56.6 Å². The largest absolute Gasteiger partial charge is 0.373 e. The summed E-state index contributed by atoms with van der Waals surface area (Å²) in [5, 5.41) is 0. The second-order valence-corrected chi connectivity index (χ2v) is 8.39. The van der Waals surface area contributed by atoms with Gasteiger partial charge in [-0.15, -0.1) is 0 Å². The Labute approximate surface area is 161 Å². The Morgan fingerprint density at radius 2 is 1.85 bits per heavy atom. The fourth-order valence-electron chi connectivity index (χ4n) is 6.81. The van der Waals surface area contributed by atoms with Crippen molar-refractivity contribution in [1.29, 1.82) is 0 Å². The van der Waals surface area contributed by atoms with Gasteiger partial charge in [0, 0.05) is 39.1 Å². The highest BCUT2D eigenvalue weighted by atomic mass is 16.7. The third kappa shape index (κ3) is 2.36. The Balaban J connectivity index is 1.44. The van der Waals surface area contributed by atoms with Crippen LogP contribution in [0.25, 0.3) is 0 Å². The number of ether oxygens (including phenoxy) is 5. The maximum absolute atomic E-state index is 6.57. The molecule has 5 nitrogen and oxygen atoms in total. The summed E-state index contributed by atoms with van der Waals surface area (Å²) < 4.78 is 31.4. The molecule has 0 amide bonds. The van der Waals surface area contributed by atoms with Gasteiger partial charge in [0.25, 0.3) is 0 Å². The van der Waals surface area contributed by atoms with E-state index in [9.17, 15) is 0 Å². The van der Waals surface area contributed by atoms with Crippen LogP contribution in [0.5, 0.6) is 0 Å². The van der Waals surface area contributed by atoms with Gasteiger partial charge in [0.1, 0.15) is 0 Å². The third-order valence-electron chi connectivity index (χ3n) is 7.50. The first kappa shape index (κ1) is 18.1. The Morgan fingerprint density at radius 1 is 1.07 bits per heavy atom. The molecular formula is C22H30O5. The van der Waals surface area contributed by atoms with Crippen LogP contribution in [0.3, 0.4) is 0 Å². The molecule has 1 saturated heterocycles. The lowest BCUT2D eigenvalue weighted by Crippen LogP contribution is -2.46. The summed E-state index contributed by atoms with van der Waals surface area (Å²) in [5.41, 5.74) is 1.22. The molecule has 0 N–H and O–H groups in total. The van der Waals surface area contributed by atoms with E-state index in [1.165, 1.54) is 5.56 Å². The van der Waals surface area contributed by atoms with Crippen molar-refractivity contribution in [2.24, 2.45) is 23.7 Å². The standard InChI is InChI=1S/C22H30O5/c1-4-26-21-12-15-18-16(25-13-14-8-6-5-7-9-14)10-11-17(27-21)19(18)20(21)22(15,23-2)24-3/h5-9,15-20H,4,10-13H2,1-3H3/t15-,16-,17+,18-,19+,20-,21-/m1/s1. The highest BCUT2D eigenvalue weighted by Gasteiger charge is 2.82. The third-order valence-corrected chi connectivity index (χ3v) is 7.50. The molecule has 5 rings (SSSR count). The molecule has 1 heterocycles. The highest BCUT2D eigenvalue weighted by Crippen LogP contribution is 2.73. The van der Waals surface area contributed by atoms with Crippen LogP contribution in [0.15, 0.2) is 30.3 Å². The number of methoxy groups -OCH3 is 2. The van der Waals surface area contributed by atoms with E-state index in [0.29, 0.717) is 25.0 Å². The van der Waals surface area contributed by atoms with Crippen molar-refractivity contribution in [2.75, 3.05) is 20.8 Å². The Morgan fingerprint density at radius 3 is 2.56 bits per heavy atom. The quantitative estimate of drug-likeness (QED) is 0.685. The molecule has 7 atom stereocenters. The molecule has 0 spiro atoms. The van der Waals surface area contributed by atoms with Gasteiger partial charge in [-0.3, -0.25) is 0 Å². The smallest absolute Gasteiger partial charge is 0.179 e. The van der Waals surface area contributed by atoms with Crippen LogP contribution < -0.4 is 0 Å². The van der Waals surface area contributed by atoms with Crippen LogP contribution in [-0.4, -0.2) is 44.6 Å². The zero-order valence-electron chi connectivity index (χ0n) is 16.4. The molecule has 1 aromatic carbocycles. The van der Waals surface area contributed by atoms with Gasteiger partial charge in [0.05, 0.1) is 24.7 Å². The summed E-state index contributed by atoms with van der Waals surface area (Å²) in [5.74, 6) is -0.0508. The van der Waals surface area contributed by atoms with Gasteiger partial charge < -0.3 is 23.7 Å². The van der Waals surface area contributed by atoms with Crippen molar-refractivity contribution in [1.82, 2.24) is 0 Å². The minimum absolute atomic E-state index is 0.114. The molecule has 0 aromatic heterocycles. The van der Waals surface area contributed by atoms with E-state index in [-0.39, 0.29) is 24.0 Å². The van der Waals surface area contributed by atoms with E-state index in [0.717, 1.165) is 19.3 Å². The van der Waals surface area contributed by atoms with Crippen LogP contribution in [0, 0.1) is 23.7 Å². The van der Waals surface area contributed by atoms with Crippen LogP contribution >= 0.6 is 0 Å². The van der Waals surface area contributed by atoms with Crippen LogP contribution in [0.1, 0.15) is 31.7 Å². The Hall–Kier alpha value is -0.980. The van der Waals surface area contributed by atoms with E-state index < -0.39 is 11.6 Å².